The molecule has 2 rings (SSSR count). The third-order valence-corrected chi connectivity index (χ3v) is 2.84. The van der Waals surface area contributed by atoms with Crippen molar-refractivity contribution in [3.05, 3.63) is 60.4 Å². The van der Waals surface area contributed by atoms with Crippen molar-refractivity contribution in [2.45, 2.75) is 6.92 Å². The van der Waals surface area contributed by atoms with Gasteiger partial charge in [0.05, 0.1) is 0 Å². The quantitative estimate of drug-likeness (QED) is 0.632. The van der Waals surface area contributed by atoms with E-state index >= 15 is 0 Å². The Kier molecular flexibility index (Phi) is 4.98. The number of carbonyl (C=O) groups is 2. The van der Waals surface area contributed by atoms with Crippen molar-refractivity contribution < 1.29 is 9.59 Å². The second kappa shape index (κ2) is 7.12. The van der Waals surface area contributed by atoms with Crippen molar-refractivity contribution >= 4 is 23.3 Å². The molecular formula is C16H16N4O2. The Hall–Kier alpha value is -3.02. The minimum atomic E-state index is -0.348. The van der Waals surface area contributed by atoms with Gasteiger partial charge in [0, 0.05) is 24.0 Å². The van der Waals surface area contributed by atoms with Crippen molar-refractivity contribution in [2.75, 3.05) is 17.2 Å². The first-order valence-corrected chi connectivity index (χ1v) is 6.70. The largest absolute Gasteiger partial charge is 0.351 e. The average molecular weight is 296 g/mol. The van der Waals surface area contributed by atoms with Crippen LogP contribution in [0.25, 0.3) is 0 Å². The minimum Gasteiger partial charge on any atom is -0.351 e. The Bertz CT molecular complexity index is 696. The van der Waals surface area contributed by atoms with Crippen LogP contribution in [0.1, 0.15) is 27.8 Å². The second-order valence-corrected chi connectivity index (χ2v) is 4.52. The highest BCUT2D eigenvalue weighted by Crippen LogP contribution is 2.11. The van der Waals surface area contributed by atoms with E-state index in [4.69, 9.17) is 0 Å². The zero-order chi connectivity index (χ0) is 15.9. The Labute approximate surface area is 128 Å². The fourth-order valence-corrected chi connectivity index (χ4v) is 1.72. The van der Waals surface area contributed by atoms with E-state index in [2.05, 4.69) is 27.2 Å². The molecule has 112 valence electrons. The van der Waals surface area contributed by atoms with Gasteiger partial charge in [-0.3, -0.25) is 9.59 Å². The molecular weight excluding hydrogens is 280 g/mol. The van der Waals surface area contributed by atoms with E-state index in [1.54, 1.807) is 30.3 Å². The van der Waals surface area contributed by atoms with E-state index < -0.39 is 0 Å². The van der Waals surface area contributed by atoms with Crippen LogP contribution < -0.4 is 10.6 Å². The van der Waals surface area contributed by atoms with Gasteiger partial charge in [-0.05, 0) is 37.3 Å². The number of nitrogens with one attached hydrogen (secondary N) is 2. The summed E-state index contributed by atoms with van der Waals surface area (Å²) in [5.74, 6) is -0.00859. The minimum absolute atomic E-state index is 0.0217. The topological polar surface area (TPSA) is 84.0 Å². The molecule has 22 heavy (non-hydrogen) atoms. The summed E-state index contributed by atoms with van der Waals surface area (Å²) in [5.41, 5.74) is 1.43. The number of amides is 1. The second-order valence-electron chi connectivity index (χ2n) is 4.52. The Balaban J connectivity index is 2.08. The Morgan fingerprint density at radius 3 is 2.59 bits per heavy atom. The molecule has 1 aromatic heterocycles. The predicted molar refractivity (Wildman–Crippen MR) is 85.1 cm³/mol. The number of anilines is 2. The maximum atomic E-state index is 12.1. The zero-order valence-electron chi connectivity index (χ0n) is 12.2. The molecule has 0 aliphatic carbocycles. The van der Waals surface area contributed by atoms with Crippen molar-refractivity contribution in [3.8, 4) is 0 Å². The van der Waals surface area contributed by atoms with Gasteiger partial charge >= 0.3 is 0 Å². The van der Waals surface area contributed by atoms with Gasteiger partial charge in [-0.2, -0.15) is 0 Å². The van der Waals surface area contributed by atoms with Crippen molar-refractivity contribution in [3.63, 3.8) is 0 Å². The van der Waals surface area contributed by atoms with E-state index in [0.29, 0.717) is 23.7 Å². The Morgan fingerprint density at radius 1 is 1.23 bits per heavy atom. The first kappa shape index (κ1) is 15.4. The fraction of sp³-hybridized carbons (Fsp3) is 0.125. The molecule has 6 nitrogen and oxygen atoms in total. The molecule has 0 fully saturated rings. The summed E-state index contributed by atoms with van der Waals surface area (Å²) in [5, 5.41) is 5.63. The zero-order valence-corrected chi connectivity index (χ0v) is 12.2. The number of ketones is 1. The molecule has 1 amide bonds. The normalized spacial score (nSPS) is 9.86. The van der Waals surface area contributed by atoms with Crippen molar-refractivity contribution in [1.29, 1.82) is 0 Å². The van der Waals surface area contributed by atoms with Crippen LogP contribution in [0.2, 0.25) is 0 Å². The third-order valence-electron chi connectivity index (χ3n) is 2.84. The van der Waals surface area contributed by atoms with Gasteiger partial charge < -0.3 is 10.6 Å². The molecule has 0 spiro atoms. The lowest BCUT2D eigenvalue weighted by Crippen LogP contribution is -2.15. The summed E-state index contributed by atoms with van der Waals surface area (Å²) in [6.07, 6.45) is 3.18. The van der Waals surface area contributed by atoms with Crippen LogP contribution in [0.3, 0.4) is 0 Å². The molecule has 0 bridgehead atoms. The number of Topliss-reactive ketones (excluding diaryl/α,β-unsaturated/α-hetero) is 1. The van der Waals surface area contributed by atoms with Crippen molar-refractivity contribution in [1.82, 2.24) is 9.97 Å². The summed E-state index contributed by atoms with van der Waals surface area (Å²) in [7, 11) is 0. The van der Waals surface area contributed by atoms with Crippen LogP contribution >= 0.6 is 0 Å². The molecule has 0 saturated carbocycles. The van der Waals surface area contributed by atoms with Crippen molar-refractivity contribution in [2.24, 2.45) is 0 Å². The van der Waals surface area contributed by atoms with Gasteiger partial charge in [0.1, 0.15) is 5.69 Å². The van der Waals surface area contributed by atoms with E-state index in [-0.39, 0.29) is 17.4 Å². The maximum Gasteiger partial charge on any atom is 0.274 e. The van der Waals surface area contributed by atoms with Crippen LogP contribution in [-0.4, -0.2) is 28.2 Å². The lowest BCUT2D eigenvalue weighted by atomic mass is 10.1. The van der Waals surface area contributed by atoms with Crippen LogP contribution in [-0.2, 0) is 0 Å². The molecule has 0 saturated heterocycles. The number of nitrogens with zero attached hydrogens (tertiary/aromatic N) is 2. The lowest BCUT2D eigenvalue weighted by molar-refractivity contribution is 0.101. The molecule has 0 unspecified atom stereocenters. The summed E-state index contributed by atoms with van der Waals surface area (Å²) in [6.45, 7) is 5.59. The molecule has 0 atom stereocenters. The number of hydrogen-bond donors (Lipinski definition) is 2. The molecule has 0 radical (unpaired) electrons. The molecule has 1 heterocycles. The molecule has 2 aromatic rings. The van der Waals surface area contributed by atoms with Gasteiger partial charge in [0.25, 0.3) is 5.91 Å². The van der Waals surface area contributed by atoms with E-state index in [1.807, 2.05) is 0 Å². The summed E-state index contributed by atoms with van der Waals surface area (Å²) in [6, 6.07) is 8.20. The molecule has 6 heteroatoms. The first-order chi connectivity index (χ1) is 10.6. The van der Waals surface area contributed by atoms with Crippen LogP contribution in [0.5, 0.6) is 0 Å². The van der Waals surface area contributed by atoms with E-state index in [0.717, 1.165) is 0 Å². The summed E-state index contributed by atoms with van der Waals surface area (Å²) < 4.78 is 0. The van der Waals surface area contributed by atoms with Gasteiger partial charge in [-0.15, -0.1) is 6.58 Å². The van der Waals surface area contributed by atoms with E-state index in [9.17, 15) is 9.59 Å². The number of rotatable bonds is 6. The van der Waals surface area contributed by atoms with Gasteiger partial charge in [-0.1, -0.05) is 6.08 Å². The third kappa shape index (κ3) is 3.99. The standard InChI is InChI=1S/C16H16N4O2/c1-3-9-17-16-18-10-8-14(20-16)15(22)19-13-6-4-12(5-7-13)11(2)21/h3-8,10H,1,9H2,2H3,(H,19,22)(H,17,18,20). The SMILES string of the molecule is C=CCNc1nccc(C(=O)Nc2ccc(C(C)=O)cc2)n1. The predicted octanol–water partition coefficient (Wildman–Crippen LogP) is 2.53. The molecule has 0 aliphatic heterocycles. The summed E-state index contributed by atoms with van der Waals surface area (Å²) in [4.78, 5) is 31.5. The van der Waals surface area contributed by atoms with Gasteiger partial charge in [-0.25, -0.2) is 9.97 Å². The van der Waals surface area contributed by atoms with Gasteiger partial charge in [0.2, 0.25) is 5.95 Å². The smallest absolute Gasteiger partial charge is 0.274 e. The first-order valence-electron chi connectivity index (χ1n) is 6.70. The average Bonchev–Trinajstić information content (AvgIpc) is 2.53. The number of benzene rings is 1. The molecule has 2 N–H and O–H groups in total. The summed E-state index contributed by atoms with van der Waals surface area (Å²) >= 11 is 0. The van der Waals surface area contributed by atoms with Crippen LogP contribution in [0, 0.1) is 0 Å². The number of aromatic nitrogens is 2. The van der Waals surface area contributed by atoms with Crippen LogP contribution in [0.15, 0.2) is 49.2 Å². The number of hydrogen-bond acceptors (Lipinski definition) is 5. The number of carbonyl (C=O) groups excluding carboxylic acids is 2. The molecule has 1 aromatic carbocycles. The highest BCUT2D eigenvalue weighted by Gasteiger charge is 2.09. The van der Waals surface area contributed by atoms with Gasteiger partial charge in [0.15, 0.2) is 5.78 Å². The lowest BCUT2D eigenvalue weighted by Gasteiger charge is -2.07. The fourth-order valence-electron chi connectivity index (χ4n) is 1.72. The van der Waals surface area contributed by atoms with Crippen LogP contribution in [0.4, 0.5) is 11.6 Å². The molecule has 0 aliphatic rings. The maximum absolute atomic E-state index is 12.1. The highest BCUT2D eigenvalue weighted by molar-refractivity contribution is 6.03. The Morgan fingerprint density at radius 2 is 1.95 bits per heavy atom. The monoisotopic (exact) mass is 296 g/mol. The van der Waals surface area contributed by atoms with E-state index in [1.165, 1.54) is 19.2 Å². The highest BCUT2D eigenvalue weighted by atomic mass is 16.2.